The van der Waals surface area contributed by atoms with Crippen molar-refractivity contribution in [1.82, 2.24) is 5.32 Å². The summed E-state index contributed by atoms with van der Waals surface area (Å²) in [6.07, 6.45) is 0. The first-order valence-corrected chi connectivity index (χ1v) is 8.26. The summed E-state index contributed by atoms with van der Waals surface area (Å²) in [6, 6.07) is 12.8. The predicted molar refractivity (Wildman–Crippen MR) is 99.2 cm³/mol. The van der Waals surface area contributed by atoms with Crippen molar-refractivity contribution in [2.24, 2.45) is 0 Å². The molecule has 0 atom stereocenters. The number of carbonyl (C=O) groups is 2. The zero-order chi connectivity index (χ0) is 18.4. The lowest BCUT2D eigenvalue weighted by Crippen LogP contribution is -2.21. The third-order valence-electron chi connectivity index (χ3n) is 3.87. The number of ether oxygens (including phenoxy) is 1. The zero-order valence-corrected chi connectivity index (χ0v) is 15.1. The fraction of sp³-hybridized carbons (Fsp3) is 0.300. The lowest BCUT2D eigenvalue weighted by molar-refractivity contribution is -0.118. The lowest BCUT2D eigenvalue weighted by Gasteiger charge is -2.13. The molecule has 0 aliphatic rings. The van der Waals surface area contributed by atoms with Crippen LogP contribution in [0.2, 0.25) is 0 Å². The standard InChI is InChI=1S/C20H24N2O3/c1-13(2)15-9-8-14(3)18(11-15)25-12-19(23)22-17-7-5-6-16(10-17)20(24)21-4/h5-11,13H,12H2,1-4H3,(H,21,24)(H,22,23). The average molecular weight is 340 g/mol. The van der Waals surface area contributed by atoms with Crippen molar-refractivity contribution in [3.8, 4) is 5.75 Å². The van der Waals surface area contributed by atoms with Crippen LogP contribution in [-0.4, -0.2) is 25.5 Å². The van der Waals surface area contributed by atoms with E-state index in [0.29, 0.717) is 22.9 Å². The largest absolute Gasteiger partial charge is 0.483 e. The summed E-state index contributed by atoms with van der Waals surface area (Å²) in [4.78, 5) is 23.8. The van der Waals surface area contributed by atoms with E-state index in [0.717, 1.165) is 5.56 Å². The van der Waals surface area contributed by atoms with Crippen molar-refractivity contribution < 1.29 is 14.3 Å². The van der Waals surface area contributed by atoms with Gasteiger partial charge in [0.05, 0.1) is 0 Å². The van der Waals surface area contributed by atoms with E-state index >= 15 is 0 Å². The SMILES string of the molecule is CNC(=O)c1cccc(NC(=O)COc2cc(C(C)C)ccc2C)c1. The molecular weight excluding hydrogens is 316 g/mol. The van der Waals surface area contributed by atoms with Crippen LogP contribution >= 0.6 is 0 Å². The normalized spacial score (nSPS) is 10.4. The van der Waals surface area contributed by atoms with Crippen LogP contribution in [0, 0.1) is 6.92 Å². The monoisotopic (exact) mass is 340 g/mol. The van der Waals surface area contributed by atoms with E-state index in [2.05, 4.69) is 30.5 Å². The molecule has 2 rings (SSSR count). The molecule has 0 bridgehead atoms. The van der Waals surface area contributed by atoms with Gasteiger partial charge in [-0.1, -0.05) is 32.0 Å². The molecule has 2 amide bonds. The third-order valence-corrected chi connectivity index (χ3v) is 3.87. The maximum absolute atomic E-state index is 12.1. The number of hydrogen-bond donors (Lipinski definition) is 2. The molecule has 0 aliphatic heterocycles. The third kappa shape index (κ3) is 5.08. The Kier molecular flexibility index (Phi) is 6.17. The van der Waals surface area contributed by atoms with Gasteiger partial charge in [0.1, 0.15) is 5.75 Å². The fourth-order valence-electron chi connectivity index (χ4n) is 2.35. The van der Waals surface area contributed by atoms with Crippen molar-refractivity contribution in [3.05, 3.63) is 59.2 Å². The molecule has 2 N–H and O–H groups in total. The van der Waals surface area contributed by atoms with Crippen molar-refractivity contribution in [3.63, 3.8) is 0 Å². The number of nitrogens with one attached hydrogen (secondary N) is 2. The van der Waals surface area contributed by atoms with Gasteiger partial charge in [0.25, 0.3) is 11.8 Å². The smallest absolute Gasteiger partial charge is 0.262 e. The van der Waals surface area contributed by atoms with Gasteiger partial charge in [0.15, 0.2) is 6.61 Å². The molecule has 0 heterocycles. The van der Waals surface area contributed by atoms with Crippen LogP contribution in [0.1, 0.15) is 41.3 Å². The molecule has 132 valence electrons. The van der Waals surface area contributed by atoms with E-state index in [-0.39, 0.29) is 18.4 Å². The molecule has 5 nitrogen and oxygen atoms in total. The van der Waals surface area contributed by atoms with Crippen LogP contribution in [0.4, 0.5) is 5.69 Å². The van der Waals surface area contributed by atoms with Gasteiger partial charge in [-0.25, -0.2) is 0 Å². The summed E-state index contributed by atoms with van der Waals surface area (Å²) >= 11 is 0. The van der Waals surface area contributed by atoms with Crippen molar-refractivity contribution >= 4 is 17.5 Å². The Morgan fingerprint density at radius 3 is 2.56 bits per heavy atom. The summed E-state index contributed by atoms with van der Waals surface area (Å²) in [5.74, 6) is 0.626. The number of hydrogen-bond acceptors (Lipinski definition) is 3. The highest BCUT2D eigenvalue weighted by molar-refractivity contribution is 5.97. The van der Waals surface area contributed by atoms with Crippen LogP contribution in [-0.2, 0) is 4.79 Å². The summed E-state index contributed by atoms with van der Waals surface area (Å²) in [6.45, 7) is 6.08. The van der Waals surface area contributed by atoms with Gasteiger partial charge >= 0.3 is 0 Å². The second-order valence-electron chi connectivity index (χ2n) is 6.18. The second kappa shape index (κ2) is 8.33. The molecule has 0 radical (unpaired) electrons. The second-order valence-corrected chi connectivity index (χ2v) is 6.18. The minimum atomic E-state index is -0.275. The number of aryl methyl sites for hydroxylation is 1. The highest BCUT2D eigenvalue weighted by atomic mass is 16.5. The van der Waals surface area contributed by atoms with Gasteiger partial charge in [-0.15, -0.1) is 0 Å². The van der Waals surface area contributed by atoms with Gasteiger partial charge in [-0.3, -0.25) is 9.59 Å². The van der Waals surface area contributed by atoms with Crippen LogP contribution in [0.3, 0.4) is 0 Å². The summed E-state index contributed by atoms with van der Waals surface area (Å²) < 4.78 is 5.67. The number of rotatable bonds is 6. The van der Waals surface area contributed by atoms with Gasteiger partial charge < -0.3 is 15.4 Å². The molecule has 0 saturated heterocycles. The molecule has 0 aliphatic carbocycles. The Morgan fingerprint density at radius 1 is 1.12 bits per heavy atom. The molecule has 0 fully saturated rings. The molecule has 2 aromatic rings. The van der Waals surface area contributed by atoms with E-state index in [1.165, 1.54) is 5.56 Å². The Labute approximate surface area is 148 Å². The summed E-state index contributed by atoms with van der Waals surface area (Å²) in [5, 5.41) is 5.30. The van der Waals surface area contributed by atoms with Crippen LogP contribution < -0.4 is 15.4 Å². The highest BCUT2D eigenvalue weighted by Crippen LogP contribution is 2.24. The highest BCUT2D eigenvalue weighted by Gasteiger charge is 2.09. The molecule has 0 spiro atoms. The first kappa shape index (κ1) is 18.5. The van der Waals surface area contributed by atoms with Crippen molar-refractivity contribution in [1.29, 1.82) is 0 Å². The quantitative estimate of drug-likeness (QED) is 0.846. The Morgan fingerprint density at radius 2 is 1.88 bits per heavy atom. The molecule has 25 heavy (non-hydrogen) atoms. The van der Waals surface area contributed by atoms with Gasteiger partial charge in [-0.05, 0) is 48.2 Å². The number of amides is 2. The van der Waals surface area contributed by atoms with Crippen molar-refractivity contribution in [2.75, 3.05) is 19.0 Å². The minimum Gasteiger partial charge on any atom is -0.483 e. The molecule has 2 aromatic carbocycles. The summed E-state index contributed by atoms with van der Waals surface area (Å²) in [7, 11) is 1.56. The molecule has 0 saturated carbocycles. The van der Waals surface area contributed by atoms with E-state index in [4.69, 9.17) is 4.74 Å². The molecule has 0 aromatic heterocycles. The lowest BCUT2D eigenvalue weighted by atomic mass is 10.0. The first-order valence-electron chi connectivity index (χ1n) is 8.26. The zero-order valence-electron chi connectivity index (χ0n) is 15.1. The van der Waals surface area contributed by atoms with Gasteiger partial charge in [0.2, 0.25) is 0 Å². The van der Waals surface area contributed by atoms with E-state index in [1.807, 2.05) is 19.1 Å². The van der Waals surface area contributed by atoms with E-state index < -0.39 is 0 Å². The Hall–Kier alpha value is -2.82. The van der Waals surface area contributed by atoms with Crippen LogP contribution in [0.15, 0.2) is 42.5 Å². The number of carbonyl (C=O) groups excluding carboxylic acids is 2. The van der Waals surface area contributed by atoms with Crippen molar-refractivity contribution in [2.45, 2.75) is 26.7 Å². The minimum absolute atomic E-state index is 0.0907. The number of benzene rings is 2. The van der Waals surface area contributed by atoms with E-state index in [1.54, 1.807) is 31.3 Å². The van der Waals surface area contributed by atoms with E-state index in [9.17, 15) is 9.59 Å². The van der Waals surface area contributed by atoms with Crippen LogP contribution in [0.5, 0.6) is 5.75 Å². The van der Waals surface area contributed by atoms with Gasteiger partial charge in [-0.2, -0.15) is 0 Å². The topological polar surface area (TPSA) is 67.4 Å². The average Bonchev–Trinajstić information content (AvgIpc) is 2.60. The number of anilines is 1. The molecule has 5 heteroatoms. The summed E-state index contributed by atoms with van der Waals surface area (Å²) in [5.41, 5.74) is 3.20. The first-order chi connectivity index (χ1) is 11.9. The van der Waals surface area contributed by atoms with Gasteiger partial charge in [0, 0.05) is 18.3 Å². The fourth-order valence-corrected chi connectivity index (χ4v) is 2.35. The Bertz CT molecular complexity index is 769. The maximum Gasteiger partial charge on any atom is 0.262 e. The molecule has 0 unspecified atom stereocenters. The predicted octanol–water partition coefficient (Wildman–Crippen LogP) is 3.50. The Balaban J connectivity index is 2.00. The maximum atomic E-state index is 12.1. The molecular formula is C20H24N2O3. The van der Waals surface area contributed by atoms with Crippen LogP contribution in [0.25, 0.3) is 0 Å².